The molecule has 0 aromatic carbocycles. The Balaban J connectivity index is 4.84. The van der Waals surface area contributed by atoms with Crippen LogP contribution in [0.25, 0.3) is 0 Å². The Morgan fingerprint density at radius 2 is 1.53 bits per heavy atom. The summed E-state index contributed by atoms with van der Waals surface area (Å²) < 4.78 is 9.19. The van der Waals surface area contributed by atoms with E-state index in [1.54, 1.807) is 13.8 Å². The Bertz CT molecular complexity index is 336. The monoisotopic (exact) mass is 272 g/mol. The van der Waals surface area contributed by atoms with Crippen molar-refractivity contribution >= 4 is 11.9 Å². The second kappa shape index (κ2) is 7.06. The first-order valence-corrected chi connectivity index (χ1v) is 5.83. The molecule has 0 fully saturated rings. The van der Waals surface area contributed by atoms with Crippen LogP contribution in [0.5, 0.6) is 0 Å². The lowest BCUT2D eigenvalue weighted by atomic mass is 9.96. The topological polar surface area (TPSA) is 93.1 Å². The first kappa shape index (κ1) is 17.3. The van der Waals surface area contributed by atoms with Crippen LogP contribution in [0.2, 0.25) is 0 Å². The molecule has 0 amide bonds. The summed E-state index contributed by atoms with van der Waals surface area (Å²) in [5.74, 6) is -4.35. The van der Waals surface area contributed by atoms with E-state index in [0.29, 0.717) is 6.42 Å². The van der Waals surface area contributed by atoms with Crippen LogP contribution in [0, 0.1) is 0 Å². The van der Waals surface area contributed by atoms with Crippen LogP contribution >= 0.6 is 0 Å². The van der Waals surface area contributed by atoms with Gasteiger partial charge < -0.3 is 19.7 Å². The smallest absolute Gasteiger partial charge is 0.373 e. The van der Waals surface area contributed by atoms with Crippen molar-refractivity contribution in [2.75, 3.05) is 0 Å². The predicted octanol–water partition coefficient (Wildman–Crippen LogP) is 1.03. The van der Waals surface area contributed by atoms with Gasteiger partial charge in [-0.15, -0.1) is 0 Å². The molecule has 19 heavy (non-hydrogen) atoms. The second-order valence-corrected chi connectivity index (χ2v) is 4.31. The molecule has 2 N–H and O–H groups in total. The van der Waals surface area contributed by atoms with Crippen LogP contribution in [0.3, 0.4) is 0 Å². The molecular weight excluding hydrogens is 252 g/mol. The van der Waals surface area contributed by atoms with E-state index >= 15 is 0 Å². The molecule has 0 saturated carbocycles. The highest BCUT2D eigenvalue weighted by Gasteiger charge is 2.37. The summed E-state index contributed by atoms with van der Waals surface area (Å²) in [6.45, 7) is 9.66. The van der Waals surface area contributed by atoms with Crippen LogP contribution in [0.4, 0.5) is 0 Å². The van der Waals surface area contributed by atoms with Crippen molar-refractivity contribution in [1.82, 2.24) is 0 Å². The minimum Gasteiger partial charge on any atom is -0.395 e. The normalized spacial score (nSPS) is 14.1. The van der Waals surface area contributed by atoms with E-state index in [2.05, 4.69) is 22.6 Å². The van der Waals surface area contributed by atoms with Gasteiger partial charge in [0.2, 0.25) is 0 Å². The Morgan fingerprint density at radius 3 is 1.84 bits per heavy atom. The minimum atomic E-state index is -2.45. The number of esters is 2. The number of hydrogen-bond donors (Lipinski definition) is 2. The van der Waals surface area contributed by atoms with E-state index in [-0.39, 0.29) is 12.8 Å². The quantitative estimate of drug-likeness (QED) is 0.389. The maximum Gasteiger partial charge on any atom is 0.373 e. The molecule has 0 bridgehead atoms. The van der Waals surface area contributed by atoms with Crippen molar-refractivity contribution in [2.24, 2.45) is 0 Å². The van der Waals surface area contributed by atoms with Gasteiger partial charge >= 0.3 is 17.9 Å². The molecule has 108 valence electrons. The Labute approximate surface area is 112 Å². The van der Waals surface area contributed by atoms with E-state index < -0.39 is 23.5 Å². The number of aliphatic hydroxyl groups is 2. The molecule has 0 rings (SSSR count). The molecule has 0 radical (unpaired) electrons. The zero-order chi connectivity index (χ0) is 15.1. The molecule has 6 nitrogen and oxygen atoms in total. The largest absolute Gasteiger partial charge is 0.395 e. The Morgan fingerprint density at radius 1 is 1.11 bits per heavy atom. The third-order valence-electron chi connectivity index (χ3n) is 2.59. The van der Waals surface area contributed by atoms with Gasteiger partial charge in [-0.25, -0.2) is 9.59 Å². The average molecular weight is 272 g/mol. The number of carbonyl (C=O) groups excluding carboxylic acids is 2. The molecular formula is C13H20O6. The lowest BCUT2D eigenvalue weighted by Gasteiger charge is -2.29. The summed E-state index contributed by atoms with van der Waals surface area (Å²) >= 11 is 0. The zero-order valence-electron chi connectivity index (χ0n) is 11.2. The Hall–Kier alpha value is -1.66. The van der Waals surface area contributed by atoms with Crippen molar-refractivity contribution < 1.29 is 29.3 Å². The molecule has 0 aliphatic carbocycles. The van der Waals surface area contributed by atoms with Crippen LogP contribution in [0.1, 0.15) is 33.1 Å². The molecule has 0 aliphatic heterocycles. The van der Waals surface area contributed by atoms with Crippen molar-refractivity contribution in [3.05, 3.63) is 25.3 Å². The molecule has 6 heteroatoms. The number of carbonyl (C=O) groups is 2. The van der Waals surface area contributed by atoms with E-state index in [1.165, 1.54) is 0 Å². The third kappa shape index (κ3) is 6.73. The van der Waals surface area contributed by atoms with Gasteiger partial charge in [0.25, 0.3) is 0 Å². The molecule has 0 saturated heterocycles. The molecule has 0 spiro atoms. The standard InChI is InChI=1S/C13H20O6/c1-5-10(14)18-13(17,19-11(15)6-2)9-8-12(4,16)7-3/h5-6,16-17H,1-2,7-9H2,3-4H3. The maximum atomic E-state index is 11.1. The van der Waals surface area contributed by atoms with Crippen LogP contribution in [-0.4, -0.2) is 33.7 Å². The van der Waals surface area contributed by atoms with Crippen LogP contribution in [-0.2, 0) is 19.1 Å². The summed E-state index contributed by atoms with van der Waals surface area (Å²) in [5, 5.41) is 19.8. The predicted molar refractivity (Wildman–Crippen MR) is 67.7 cm³/mol. The zero-order valence-corrected chi connectivity index (χ0v) is 11.2. The second-order valence-electron chi connectivity index (χ2n) is 4.31. The first-order valence-electron chi connectivity index (χ1n) is 5.83. The van der Waals surface area contributed by atoms with Gasteiger partial charge in [-0.1, -0.05) is 20.1 Å². The van der Waals surface area contributed by atoms with Gasteiger partial charge in [0, 0.05) is 12.2 Å². The van der Waals surface area contributed by atoms with Gasteiger partial charge in [0.05, 0.1) is 12.0 Å². The summed E-state index contributed by atoms with van der Waals surface area (Å²) in [4.78, 5) is 22.2. The van der Waals surface area contributed by atoms with E-state index in [0.717, 1.165) is 12.2 Å². The first-order chi connectivity index (χ1) is 8.68. The maximum absolute atomic E-state index is 11.1. The van der Waals surface area contributed by atoms with E-state index in [1.807, 2.05) is 0 Å². The summed E-state index contributed by atoms with van der Waals surface area (Å²) in [5.41, 5.74) is -1.07. The van der Waals surface area contributed by atoms with E-state index in [4.69, 9.17) is 0 Å². The SMILES string of the molecule is C=CC(=O)OC(O)(CCC(C)(O)CC)OC(=O)C=C. The van der Waals surface area contributed by atoms with Gasteiger partial charge in [0.1, 0.15) is 0 Å². The highest BCUT2D eigenvalue weighted by Crippen LogP contribution is 2.24. The summed E-state index contributed by atoms with van der Waals surface area (Å²) in [6, 6.07) is 0. The van der Waals surface area contributed by atoms with Gasteiger partial charge in [-0.3, -0.25) is 0 Å². The number of hydrogen-bond acceptors (Lipinski definition) is 6. The lowest BCUT2D eigenvalue weighted by molar-refractivity contribution is -0.326. The van der Waals surface area contributed by atoms with Gasteiger partial charge in [-0.05, 0) is 19.8 Å². The highest BCUT2D eigenvalue weighted by atomic mass is 16.8. The van der Waals surface area contributed by atoms with Gasteiger partial charge in [-0.2, -0.15) is 0 Å². The third-order valence-corrected chi connectivity index (χ3v) is 2.59. The number of rotatable bonds is 8. The fourth-order valence-electron chi connectivity index (χ4n) is 1.12. The molecule has 0 aromatic rings. The fraction of sp³-hybridized carbons (Fsp3) is 0.538. The van der Waals surface area contributed by atoms with E-state index in [9.17, 15) is 19.8 Å². The molecule has 1 atom stereocenters. The lowest BCUT2D eigenvalue weighted by Crippen LogP contribution is -2.41. The fourth-order valence-corrected chi connectivity index (χ4v) is 1.12. The molecule has 0 aliphatic rings. The van der Waals surface area contributed by atoms with Crippen molar-refractivity contribution in [1.29, 1.82) is 0 Å². The molecule has 0 heterocycles. The molecule has 0 aromatic heterocycles. The number of ether oxygens (including phenoxy) is 2. The van der Waals surface area contributed by atoms with Crippen molar-refractivity contribution in [3.8, 4) is 0 Å². The minimum absolute atomic E-state index is 0.0643. The van der Waals surface area contributed by atoms with Gasteiger partial charge in [0.15, 0.2) is 0 Å². The van der Waals surface area contributed by atoms with Crippen LogP contribution < -0.4 is 0 Å². The van der Waals surface area contributed by atoms with Crippen molar-refractivity contribution in [2.45, 2.75) is 44.7 Å². The van der Waals surface area contributed by atoms with Crippen LogP contribution in [0.15, 0.2) is 25.3 Å². The Kier molecular flexibility index (Phi) is 6.44. The summed E-state index contributed by atoms with van der Waals surface area (Å²) in [7, 11) is 0. The average Bonchev–Trinajstić information content (AvgIpc) is 2.36. The highest BCUT2D eigenvalue weighted by molar-refractivity contribution is 5.83. The van der Waals surface area contributed by atoms with Crippen molar-refractivity contribution in [3.63, 3.8) is 0 Å². The summed E-state index contributed by atoms with van der Waals surface area (Å²) in [6.07, 6.45) is 1.87. The molecule has 1 unspecified atom stereocenters.